The second-order valence-corrected chi connectivity index (χ2v) is 8.67. The van der Waals surface area contributed by atoms with Crippen LogP contribution >= 0.6 is 0 Å². The van der Waals surface area contributed by atoms with Crippen LogP contribution in [-0.2, 0) is 6.42 Å². The first kappa shape index (κ1) is 18.5. The van der Waals surface area contributed by atoms with Crippen LogP contribution < -0.4 is 20.7 Å². The number of anilines is 2. The van der Waals surface area contributed by atoms with Gasteiger partial charge in [0.05, 0.1) is 11.9 Å². The second kappa shape index (κ2) is 6.62. The quantitative estimate of drug-likeness (QED) is 0.526. The highest BCUT2D eigenvalue weighted by Crippen LogP contribution is 2.50. The summed E-state index contributed by atoms with van der Waals surface area (Å²) in [4.78, 5) is 15.9. The molecule has 8 heteroatoms. The van der Waals surface area contributed by atoms with Crippen molar-refractivity contribution in [1.29, 1.82) is 0 Å². The molecule has 3 aromatic rings. The van der Waals surface area contributed by atoms with Crippen molar-refractivity contribution in [2.75, 3.05) is 30.4 Å². The number of fused-ring (bicyclic) bond motifs is 4. The molecule has 1 saturated heterocycles. The number of nitrogens with one attached hydrogen (secondary N) is 1. The molecule has 2 atom stereocenters. The van der Waals surface area contributed by atoms with Crippen molar-refractivity contribution in [2.24, 2.45) is 17.6 Å². The lowest BCUT2D eigenvalue weighted by Crippen LogP contribution is -2.29. The Labute approximate surface area is 179 Å². The molecule has 31 heavy (non-hydrogen) atoms. The highest BCUT2D eigenvalue weighted by atomic mass is 19.1. The number of aromatic nitrogens is 3. The molecule has 6 rings (SSSR count). The van der Waals surface area contributed by atoms with Gasteiger partial charge in [-0.25, -0.2) is 4.39 Å². The van der Waals surface area contributed by atoms with Crippen molar-refractivity contribution < 1.29 is 9.13 Å². The summed E-state index contributed by atoms with van der Waals surface area (Å²) in [6.45, 7) is 3.66. The van der Waals surface area contributed by atoms with Crippen molar-refractivity contribution in [3.63, 3.8) is 0 Å². The second-order valence-electron chi connectivity index (χ2n) is 8.67. The lowest BCUT2D eigenvalue weighted by molar-refractivity contribution is 0.438. The third kappa shape index (κ3) is 2.93. The van der Waals surface area contributed by atoms with Crippen molar-refractivity contribution in [2.45, 2.75) is 19.4 Å². The fourth-order valence-electron chi connectivity index (χ4n) is 5.02. The van der Waals surface area contributed by atoms with Crippen molar-refractivity contribution >= 4 is 11.5 Å². The minimum atomic E-state index is -0.278. The zero-order valence-corrected chi connectivity index (χ0v) is 17.4. The number of aryl methyl sites for hydroxylation is 1. The molecule has 158 valence electrons. The minimum Gasteiger partial charge on any atom is -0.423 e. The van der Waals surface area contributed by atoms with E-state index >= 15 is 0 Å². The van der Waals surface area contributed by atoms with E-state index in [4.69, 9.17) is 20.4 Å². The molecule has 3 heterocycles. The zero-order chi connectivity index (χ0) is 21.3. The lowest BCUT2D eigenvalue weighted by Gasteiger charge is -2.23. The summed E-state index contributed by atoms with van der Waals surface area (Å²) < 4.78 is 20.4. The smallest absolute Gasteiger partial charge is 0.324 e. The Bertz CT molecular complexity index is 1200. The van der Waals surface area contributed by atoms with Gasteiger partial charge in [-0.3, -0.25) is 4.98 Å². The molecule has 1 saturated carbocycles. The van der Waals surface area contributed by atoms with Crippen LogP contribution in [0.1, 0.15) is 16.8 Å². The van der Waals surface area contributed by atoms with Gasteiger partial charge >= 0.3 is 6.01 Å². The van der Waals surface area contributed by atoms with E-state index < -0.39 is 0 Å². The first-order chi connectivity index (χ1) is 15.0. The van der Waals surface area contributed by atoms with Crippen LogP contribution in [-0.4, -0.2) is 41.1 Å². The minimum absolute atomic E-state index is 0.278. The van der Waals surface area contributed by atoms with Gasteiger partial charge in [-0.2, -0.15) is 9.97 Å². The summed E-state index contributed by atoms with van der Waals surface area (Å²) in [5.74, 6) is 2.11. The molecule has 0 bridgehead atoms. The predicted octanol–water partition coefficient (Wildman–Crippen LogP) is 3.12. The predicted molar refractivity (Wildman–Crippen MR) is 116 cm³/mol. The van der Waals surface area contributed by atoms with Crippen LogP contribution in [0.3, 0.4) is 0 Å². The number of hydrogen-bond acceptors (Lipinski definition) is 7. The first-order valence-electron chi connectivity index (χ1n) is 10.5. The molecular formula is C23H23FN6O. The van der Waals surface area contributed by atoms with Gasteiger partial charge in [0.2, 0.25) is 0 Å². The maximum atomic E-state index is 14.4. The molecule has 1 aliphatic heterocycles. The Hall–Kier alpha value is -3.26. The number of nitrogens with two attached hydrogens (primary N) is 1. The van der Waals surface area contributed by atoms with Crippen molar-refractivity contribution in [3.05, 3.63) is 53.2 Å². The zero-order valence-electron chi connectivity index (χ0n) is 17.4. The summed E-state index contributed by atoms with van der Waals surface area (Å²) in [7, 11) is 1.80. The molecule has 2 unspecified atom stereocenters. The third-order valence-corrected chi connectivity index (χ3v) is 6.66. The van der Waals surface area contributed by atoms with E-state index in [-0.39, 0.29) is 17.9 Å². The molecule has 0 spiro atoms. The summed E-state index contributed by atoms with van der Waals surface area (Å²) in [5, 5.41) is 3.11. The summed E-state index contributed by atoms with van der Waals surface area (Å²) in [5.41, 5.74) is 11.6. The Morgan fingerprint density at radius 1 is 1.16 bits per heavy atom. The molecule has 2 fully saturated rings. The fraction of sp³-hybridized carbons (Fsp3) is 0.348. The maximum absolute atomic E-state index is 14.4. The van der Waals surface area contributed by atoms with Gasteiger partial charge < -0.3 is 20.7 Å². The molecule has 2 aromatic heterocycles. The number of halogens is 1. The van der Waals surface area contributed by atoms with Crippen molar-refractivity contribution in [1.82, 2.24) is 15.0 Å². The molecule has 1 aromatic carbocycles. The maximum Gasteiger partial charge on any atom is 0.324 e. The third-order valence-electron chi connectivity index (χ3n) is 6.66. The van der Waals surface area contributed by atoms with E-state index in [2.05, 4.69) is 15.2 Å². The Kier molecular flexibility index (Phi) is 3.95. The van der Waals surface area contributed by atoms with E-state index in [1.54, 1.807) is 25.5 Å². The van der Waals surface area contributed by atoms with Gasteiger partial charge in [0.25, 0.3) is 0 Å². The number of ether oxygens (including phenoxy) is 1. The average molecular weight is 418 g/mol. The number of piperidine rings is 1. The van der Waals surface area contributed by atoms with Crippen LogP contribution in [0.2, 0.25) is 0 Å². The van der Waals surface area contributed by atoms with Crippen LogP contribution in [0, 0.1) is 24.6 Å². The molecular weight excluding hydrogens is 395 g/mol. The van der Waals surface area contributed by atoms with E-state index in [1.165, 1.54) is 6.07 Å². The van der Waals surface area contributed by atoms with Gasteiger partial charge in [0, 0.05) is 50.0 Å². The van der Waals surface area contributed by atoms with Gasteiger partial charge in [-0.1, -0.05) is 0 Å². The molecule has 3 aliphatic rings. The Balaban J connectivity index is 1.46. The van der Waals surface area contributed by atoms with E-state index in [0.717, 1.165) is 52.5 Å². The summed E-state index contributed by atoms with van der Waals surface area (Å²) in [6.07, 6.45) is 4.02. The highest BCUT2D eigenvalue weighted by Gasteiger charge is 2.54. The number of nitrogens with zero attached hydrogens (tertiary/aromatic N) is 4. The van der Waals surface area contributed by atoms with Crippen LogP contribution in [0.25, 0.3) is 11.1 Å². The summed E-state index contributed by atoms with van der Waals surface area (Å²) >= 11 is 0. The fourth-order valence-corrected chi connectivity index (χ4v) is 5.02. The van der Waals surface area contributed by atoms with E-state index in [1.807, 2.05) is 13.0 Å². The van der Waals surface area contributed by atoms with Gasteiger partial charge in [0.15, 0.2) is 0 Å². The highest BCUT2D eigenvalue weighted by molar-refractivity contribution is 5.88. The first-order valence-corrected chi connectivity index (χ1v) is 10.5. The topological polar surface area (TPSA) is 89.2 Å². The molecule has 2 aliphatic carbocycles. The largest absolute Gasteiger partial charge is 0.423 e. The molecule has 7 nitrogen and oxygen atoms in total. The number of rotatable bonds is 4. The normalized spacial score (nSPS) is 22.7. The Morgan fingerprint density at radius 2 is 1.97 bits per heavy atom. The van der Waals surface area contributed by atoms with Gasteiger partial charge in [-0.15, -0.1) is 0 Å². The summed E-state index contributed by atoms with van der Waals surface area (Å²) in [6, 6.07) is 5.57. The monoisotopic (exact) mass is 418 g/mol. The lowest BCUT2D eigenvalue weighted by atomic mass is 10.0. The van der Waals surface area contributed by atoms with Crippen LogP contribution in [0.15, 0.2) is 30.6 Å². The van der Waals surface area contributed by atoms with Crippen molar-refractivity contribution in [3.8, 4) is 22.9 Å². The SMILES string of the molecule is CNc1cc(F)cc2c1Cc1nc(Oc3cncc(C)c3)nc(N3CC4C(N)C4C3)c1-2. The van der Waals surface area contributed by atoms with E-state index in [9.17, 15) is 4.39 Å². The van der Waals surface area contributed by atoms with Gasteiger partial charge in [-0.05, 0) is 53.6 Å². The average Bonchev–Trinajstić information content (AvgIpc) is 3.10. The Morgan fingerprint density at radius 3 is 2.71 bits per heavy atom. The van der Waals surface area contributed by atoms with Crippen LogP contribution in [0.4, 0.5) is 15.9 Å². The molecule has 0 radical (unpaired) electrons. The molecule has 3 N–H and O–H groups in total. The number of benzene rings is 1. The number of pyridine rings is 1. The van der Waals surface area contributed by atoms with E-state index in [0.29, 0.717) is 24.0 Å². The standard InChI is InChI=1S/C23H23FN6O/c1-11-3-13(8-27-7-11)31-23-28-19-6-14-15(4-12(24)5-18(14)26-2)20(19)22(29-23)30-9-16-17(10-30)21(16)25/h3-5,7-8,16-17,21,26H,6,9-10,25H2,1-2H3. The molecule has 0 amide bonds. The van der Waals surface area contributed by atoms with Gasteiger partial charge in [0.1, 0.15) is 17.4 Å². The van der Waals surface area contributed by atoms with Crippen LogP contribution in [0.5, 0.6) is 11.8 Å². The number of hydrogen-bond donors (Lipinski definition) is 2.